The Morgan fingerprint density at radius 1 is 1.10 bits per heavy atom. The van der Waals surface area contributed by atoms with Crippen molar-refractivity contribution in [3.63, 3.8) is 0 Å². The first-order chi connectivity index (χ1) is 14.7. The molecule has 9 heteroatoms. The van der Waals surface area contributed by atoms with E-state index in [1.807, 2.05) is 13.8 Å². The van der Waals surface area contributed by atoms with Gasteiger partial charge < -0.3 is 29.3 Å². The van der Waals surface area contributed by atoms with Gasteiger partial charge in [-0.15, -0.1) is 0 Å². The van der Waals surface area contributed by atoms with E-state index >= 15 is 0 Å². The Bertz CT molecular complexity index is 1020. The summed E-state index contributed by atoms with van der Waals surface area (Å²) in [5.41, 5.74) is 1.10. The highest BCUT2D eigenvalue weighted by molar-refractivity contribution is 9.10. The highest BCUT2D eigenvalue weighted by atomic mass is 79.9. The maximum atomic E-state index is 13.2. The van der Waals surface area contributed by atoms with E-state index in [0.29, 0.717) is 40.3 Å². The van der Waals surface area contributed by atoms with Crippen LogP contribution in [-0.2, 0) is 4.79 Å². The number of carbonyl (C=O) groups excluding carboxylic acids is 1. The number of likely N-dealkylation sites (N-methyl/N-ethyl adjacent to an activating group) is 1. The zero-order chi connectivity index (χ0) is 22.9. The lowest BCUT2D eigenvalue weighted by Crippen LogP contribution is -2.42. The molecule has 166 valence electrons. The fraction of sp³-hybridized carbons (Fsp3) is 0.364. The van der Waals surface area contributed by atoms with Gasteiger partial charge in [0, 0.05) is 12.6 Å². The number of phenols is 1. The molecule has 1 aliphatic rings. The second kappa shape index (κ2) is 9.05. The van der Waals surface area contributed by atoms with Crippen molar-refractivity contribution in [1.29, 1.82) is 0 Å². The van der Waals surface area contributed by atoms with Gasteiger partial charge in [0.05, 0.1) is 30.8 Å². The first kappa shape index (κ1) is 22.7. The third-order valence-electron chi connectivity index (χ3n) is 5.21. The van der Waals surface area contributed by atoms with E-state index in [9.17, 15) is 19.8 Å². The summed E-state index contributed by atoms with van der Waals surface area (Å²) in [5, 5.41) is 20.3. The predicted molar refractivity (Wildman–Crippen MR) is 116 cm³/mol. The molecular weight excluding hydrogens is 470 g/mol. The molecule has 2 N–H and O–H groups in total. The van der Waals surface area contributed by atoms with Crippen molar-refractivity contribution in [3.8, 4) is 23.0 Å². The highest BCUT2D eigenvalue weighted by Gasteiger charge is 2.44. The van der Waals surface area contributed by atoms with Crippen molar-refractivity contribution in [1.82, 2.24) is 4.90 Å². The molecule has 31 heavy (non-hydrogen) atoms. The number of hydrogen-bond acceptors (Lipinski definition) is 6. The largest absolute Gasteiger partial charge is 0.503 e. The van der Waals surface area contributed by atoms with E-state index in [0.717, 1.165) is 0 Å². The van der Waals surface area contributed by atoms with Crippen molar-refractivity contribution in [2.24, 2.45) is 0 Å². The normalized spacial score (nSPS) is 17.8. The molecule has 0 aliphatic carbocycles. The average molecular weight is 494 g/mol. The molecular formula is C22H24BrNO7. The first-order valence-corrected chi connectivity index (χ1v) is 10.5. The van der Waals surface area contributed by atoms with Gasteiger partial charge in [-0.2, -0.15) is 0 Å². The van der Waals surface area contributed by atoms with Gasteiger partial charge in [0.25, 0.3) is 5.91 Å². The predicted octanol–water partition coefficient (Wildman–Crippen LogP) is 3.96. The van der Waals surface area contributed by atoms with Crippen LogP contribution >= 0.6 is 15.9 Å². The summed E-state index contributed by atoms with van der Waals surface area (Å²) in [5.74, 6) is -1.68. The van der Waals surface area contributed by atoms with Crippen molar-refractivity contribution in [3.05, 3.63) is 45.4 Å². The molecule has 0 fully saturated rings. The number of nitrogens with zero attached hydrogens (tertiary/aromatic N) is 1. The number of carbonyl (C=O) groups is 2. The molecule has 0 unspecified atom stereocenters. The van der Waals surface area contributed by atoms with Crippen LogP contribution in [0.1, 0.15) is 47.3 Å². The van der Waals surface area contributed by atoms with Crippen LogP contribution in [0, 0.1) is 0 Å². The molecule has 0 bridgehead atoms. The minimum absolute atomic E-state index is 0.108. The Labute approximate surface area is 188 Å². The Morgan fingerprint density at radius 3 is 2.26 bits per heavy atom. The molecule has 0 spiro atoms. The molecule has 0 aromatic heterocycles. The minimum atomic E-state index is -1.10. The van der Waals surface area contributed by atoms with Gasteiger partial charge in [-0.05, 0) is 65.2 Å². The average Bonchev–Trinajstić information content (AvgIpc) is 2.73. The summed E-state index contributed by atoms with van der Waals surface area (Å²) in [6, 6.07) is 5.41. The molecule has 2 atom stereocenters. The minimum Gasteiger partial charge on any atom is -0.503 e. The molecule has 0 radical (unpaired) electrons. The van der Waals surface area contributed by atoms with E-state index in [1.54, 1.807) is 25.2 Å². The summed E-state index contributed by atoms with van der Waals surface area (Å²) in [7, 11) is 2.95. The number of carboxylic acid groups (broad SMARTS) is 1. The SMILES string of the molecule is CCOc1cc2c(cc1OCC)[C@H](C(=O)O)[C@H](c1cc(Br)c(O)c(OC)c1)N(C)C2=O. The van der Waals surface area contributed by atoms with Crippen LogP contribution in [0.25, 0.3) is 0 Å². The third kappa shape index (κ3) is 4.01. The number of amides is 1. The molecule has 1 amide bonds. The smallest absolute Gasteiger partial charge is 0.313 e. The van der Waals surface area contributed by atoms with E-state index in [2.05, 4.69) is 15.9 Å². The molecule has 0 saturated carbocycles. The van der Waals surface area contributed by atoms with Gasteiger partial charge in [0.1, 0.15) is 5.92 Å². The van der Waals surface area contributed by atoms with Gasteiger partial charge in [-0.25, -0.2) is 0 Å². The van der Waals surface area contributed by atoms with Gasteiger partial charge in [-0.3, -0.25) is 9.59 Å². The van der Waals surface area contributed by atoms with Gasteiger partial charge in [-0.1, -0.05) is 0 Å². The van der Waals surface area contributed by atoms with Crippen LogP contribution < -0.4 is 14.2 Å². The molecule has 8 nitrogen and oxygen atoms in total. The van der Waals surface area contributed by atoms with Gasteiger partial charge >= 0.3 is 5.97 Å². The van der Waals surface area contributed by atoms with Gasteiger partial charge in [0.15, 0.2) is 23.0 Å². The van der Waals surface area contributed by atoms with E-state index in [-0.39, 0.29) is 23.0 Å². The van der Waals surface area contributed by atoms with Crippen molar-refractivity contribution < 1.29 is 34.0 Å². The second-order valence-electron chi connectivity index (χ2n) is 6.98. The second-order valence-corrected chi connectivity index (χ2v) is 7.84. The number of carboxylic acids is 1. The van der Waals surface area contributed by atoms with E-state index < -0.39 is 17.9 Å². The Hall–Kier alpha value is -2.94. The number of fused-ring (bicyclic) bond motifs is 1. The number of hydrogen-bond donors (Lipinski definition) is 2. The lowest BCUT2D eigenvalue weighted by molar-refractivity contribution is -0.140. The molecule has 2 aromatic rings. The molecule has 3 rings (SSSR count). The number of halogens is 1. The molecule has 0 saturated heterocycles. The number of aromatic hydroxyl groups is 1. The summed E-state index contributed by atoms with van der Waals surface area (Å²) in [4.78, 5) is 27.1. The Morgan fingerprint density at radius 2 is 1.71 bits per heavy atom. The van der Waals surface area contributed by atoms with Crippen LogP contribution in [0.3, 0.4) is 0 Å². The van der Waals surface area contributed by atoms with E-state index in [1.165, 1.54) is 18.1 Å². The molecule has 2 aromatic carbocycles. The van der Waals surface area contributed by atoms with Crippen LogP contribution in [0.15, 0.2) is 28.7 Å². The number of benzene rings is 2. The number of methoxy groups -OCH3 is 1. The lowest BCUT2D eigenvalue weighted by atomic mass is 9.79. The number of aliphatic carboxylic acids is 1. The van der Waals surface area contributed by atoms with Gasteiger partial charge in [0.2, 0.25) is 0 Å². The highest BCUT2D eigenvalue weighted by Crippen LogP contribution is 2.48. The number of phenolic OH excluding ortho intramolecular Hbond substituents is 1. The fourth-order valence-corrected chi connectivity index (χ4v) is 4.33. The Balaban J connectivity index is 2.24. The summed E-state index contributed by atoms with van der Waals surface area (Å²) in [6.45, 7) is 4.35. The maximum Gasteiger partial charge on any atom is 0.313 e. The third-order valence-corrected chi connectivity index (χ3v) is 5.82. The summed E-state index contributed by atoms with van der Waals surface area (Å²) in [6.07, 6.45) is 0. The van der Waals surface area contributed by atoms with Crippen LogP contribution in [0.4, 0.5) is 0 Å². The monoisotopic (exact) mass is 493 g/mol. The zero-order valence-electron chi connectivity index (χ0n) is 17.6. The fourth-order valence-electron chi connectivity index (χ4n) is 3.87. The maximum absolute atomic E-state index is 13.2. The first-order valence-electron chi connectivity index (χ1n) is 9.74. The summed E-state index contributed by atoms with van der Waals surface area (Å²) < 4.78 is 16.8. The Kier molecular flexibility index (Phi) is 6.64. The molecule has 1 heterocycles. The zero-order valence-corrected chi connectivity index (χ0v) is 19.2. The van der Waals surface area contributed by atoms with Crippen molar-refractivity contribution in [2.75, 3.05) is 27.4 Å². The van der Waals surface area contributed by atoms with Crippen molar-refractivity contribution in [2.45, 2.75) is 25.8 Å². The van der Waals surface area contributed by atoms with E-state index in [4.69, 9.17) is 14.2 Å². The van der Waals surface area contributed by atoms with Crippen LogP contribution in [0.5, 0.6) is 23.0 Å². The van der Waals surface area contributed by atoms with Crippen LogP contribution in [-0.4, -0.2) is 54.4 Å². The number of ether oxygens (including phenoxy) is 3. The lowest BCUT2D eigenvalue weighted by Gasteiger charge is -2.39. The van der Waals surface area contributed by atoms with Crippen LogP contribution in [0.2, 0.25) is 0 Å². The quantitative estimate of drug-likeness (QED) is 0.601. The topological polar surface area (TPSA) is 106 Å². The standard InChI is InChI=1S/C22H24BrNO7/c1-5-30-15-9-12-13(10-16(15)31-6-2)21(26)24(3)19(18(12)22(27)28)11-7-14(23)20(25)17(8-11)29-4/h7-10,18-19,25H,5-6H2,1-4H3,(H,27,28)/t18-,19-/m0/s1. The van der Waals surface area contributed by atoms with Crippen molar-refractivity contribution >= 4 is 27.8 Å². The summed E-state index contributed by atoms with van der Waals surface area (Å²) >= 11 is 3.27. The number of rotatable bonds is 7. The molecule has 1 aliphatic heterocycles.